The predicted molar refractivity (Wildman–Crippen MR) is 80.4 cm³/mol. The lowest BCUT2D eigenvalue weighted by Gasteiger charge is -2.12. The predicted octanol–water partition coefficient (Wildman–Crippen LogP) is 2.91. The number of aromatic nitrogens is 1. The molecule has 0 bridgehead atoms. The number of thiazole rings is 1. The Bertz CT molecular complexity index is 660. The fraction of sp³-hybridized carbons (Fsp3) is 0.231. The third-order valence-corrected chi connectivity index (χ3v) is 3.81. The first-order valence-electron chi connectivity index (χ1n) is 5.88. The van der Waals surface area contributed by atoms with Crippen molar-refractivity contribution >= 4 is 34.6 Å². The van der Waals surface area contributed by atoms with Gasteiger partial charge in [0.2, 0.25) is 0 Å². The van der Waals surface area contributed by atoms with Gasteiger partial charge >= 0.3 is 5.97 Å². The van der Waals surface area contributed by atoms with E-state index in [1.807, 2.05) is 0 Å². The molecule has 2 N–H and O–H groups in total. The molecule has 2 rings (SSSR count). The van der Waals surface area contributed by atoms with Gasteiger partial charge in [0.15, 0.2) is 16.0 Å². The van der Waals surface area contributed by atoms with E-state index in [2.05, 4.69) is 15.0 Å². The summed E-state index contributed by atoms with van der Waals surface area (Å²) >= 11 is 7.08. The number of anilines is 1. The van der Waals surface area contributed by atoms with Crippen molar-refractivity contribution in [2.75, 3.05) is 19.5 Å². The number of esters is 1. The van der Waals surface area contributed by atoms with E-state index in [4.69, 9.17) is 16.3 Å². The molecule has 1 heterocycles. The van der Waals surface area contributed by atoms with Crippen LogP contribution in [0.25, 0.3) is 0 Å². The molecule has 21 heavy (non-hydrogen) atoms. The van der Waals surface area contributed by atoms with Crippen LogP contribution >= 0.6 is 22.9 Å². The second-order valence-electron chi connectivity index (χ2n) is 4.00. The average molecular weight is 329 g/mol. The van der Waals surface area contributed by atoms with Crippen LogP contribution in [0.3, 0.4) is 0 Å². The number of carbonyl (C=O) groups excluding carboxylic acids is 1. The largest absolute Gasteiger partial charge is 0.503 e. The lowest BCUT2D eigenvalue weighted by molar-refractivity contribution is 0.0600. The molecule has 0 aliphatic heterocycles. The topological polar surface area (TPSA) is 80.7 Å². The van der Waals surface area contributed by atoms with Crippen molar-refractivity contribution in [1.82, 2.24) is 4.98 Å². The van der Waals surface area contributed by atoms with Crippen LogP contribution < -0.4 is 10.1 Å². The molecule has 6 nitrogen and oxygen atoms in total. The van der Waals surface area contributed by atoms with Crippen LogP contribution in [0.1, 0.15) is 15.2 Å². The summed E-state index contributed by atoms with van der Waals surface area (Å²) in [5.41, 5.74) is 0.635. The molecule has 0 spiro atoms. The highest BCUT2D eigenvalue weighted by molar-refractivity contribution is 7.15. The smallest absolute Gasteiger partial charge is 0.338 e. The Morgan fingerprint density at radius 2 is 2.24 bits per heavy atom. The number of nitrogens with zero attached hydrogens (tertiary/aromatic N) is 1. The van der Waals surface area contributed by atoms with Crippen molar-refractivity contribution in [2.45, 2.75) is 6.54 Å². The van der Waals surface area contributed by atoms with E-state index >= 15 is 0 Å². The summed E-state index contributed by atoms with van der Waals surface area (Å²) in [6, 6.07) is 2.91. The molecular weight excluding hydrogens is 316 g/mol. The third-order valence-electron chi connectivity index (χ3n) is 2.69. The second kappa shape index (κ2) is 6.64. The summed E-state index contributed by atoms with van der Waals surface area (Å²) in [4.78, 5) is 16.4. The quantitative estimate of drug-likeness (QED) is 0.649. The Morgan fingerprint density at radius 1 is 1.48 bits per heavy atom. The van der Waals surface area contributed by atoms with E-state index in [0.717, 1.165) is 4.88 Å². The molecule has 0 amide bonds. The summed E-state index contributed by atoms with van der Waals surface area (Å²) in [5.74, 6) is -0.416. The zero-order valence-electron chi connectivity index (χ0n) is 11.3. The molecule has 1 aromatic heterocycles. The molecule has 2 aromatic rings. The maximum Gasteiger partial charge on any atom is 0.338 e. The molecule has 0 atom stereocenters. The van der Waals surface area contributed by atoms with E-state index in [1.54, 1.807) is 6.20 Å². The normalized spacial score (nSPS) is 10.2. The molecule has 0 saturated heterocycles. The first kappa shape index (κ1) is 15.4. The van der Waals surface area contributed by atoms with Crippen molar-refractivity contribution in [3.63, 3.8) is 0 Å². The first-order chi connectivity index (χ1) is 10.0. The van der Waals surface area contributed by atoms with Crippen molar-refractivity contribution < 1.29 is 19.4 Å². The molecule has 0 saturated carbocycles. The molecule has 0 aliphatic carbocycles. The lowest BCUT2D eigenvalue weighted by Crippen LogP contribution is -2.05. The van der Waals surface area contributed by atoms with E-state index in [9.17, 15) is 9.90 Å². The van der Waals surface area contributed by atoms with Crippen LogP contribution in [0, 0.1) is 0 Å². The number of carbonyl (C=O) groups is 1. The van der Waals surface area contributed by atoms with E-state index in [0.29, 0.717) is 16.7 Å². The van der Waals surface area contributed by atoms with E-state index in [-0.39, 0.29) is 17.1 Å². The molecule has 0 fully saturated rings. The highest BCUT2D eigenvalue weighted by atomic mass is 35.5. The van der Waals surface area contributed by atoms with Crippen molar-refractivity contribution in [2.24, 2.45) is 0 Å². The average Bonchev–Trinajstić information content (AvgIpc) is 2.91. The van der Waals surface area contributed by atoms with Gasteiger partial charge in [-0.3, -0.25) is 0 Å². The van der Waals surface area contributed by atoms with Crippen LogP contribution in [0.2, 0.25) is 4.47 Å². The number of benzene rings is 1. The number of methoxy groups -OCH3 is 2. The standard InChI is InChI=1S/C13H13ClN2O4S/c1-19-10-4-7(12(18)20-2)3-9(11(10)17)15-5-8-6-16-13(14)21-8/h3-4,6,15,17H,5H2,1-2H3. The zero-order chi connectivity index (χ0) is 15.4. The van der Waals surface area contributed by atoms with Gasteiger partial charge < -0.3 is 19.9 Å². The summed E-state index contributed by atoms with van der Waals surface area (Å²) in [7, 11) is 2.69. The van der Waals surface area contributed by atoms with Gasteiger partial charge in [-0.2, -0.15) is 0 Å². The monoisotopic (exact) mass is 328 g/mol. The summed E-state index contributed by atoms with van der Waals surface area (Å²) in [5, 5.41) is 13.1. The van der Waals surface area contributed by atoms with E-state index in [1.165, 1.54) is 37.7 Å². The number of halogens is 1. The third kappa shape index (κ3) is 3.56. The van der Waals surface area contributed by atoms with Crippen LogP contribution in [0.5, 0.6) is 11.5 Å². The number of aromatic hydroxyl groups is 1. The molecular formula is C13H13ClN2O4S. The lowest BCUT2D eigenvalue weighted by atomic mass is 10.1. The molecule has 112 valence electrons. The van der Waals surface area contributed by atoms with Gasteiger partial charge in [-0.1, -0.05) is 11.6 Å². The number of hydrogen-bond acceptors (Lipinski definition) is 7. The summed E-state index contributed by atoms with van der Waals surface area (Å²) < 4.78 is 10.2. The Hall–Kier alpha value is -1.99. The minimum atomic E-state index is -0.516. The highest BCUT2D eigenvalue weighted by Crippen LogP contribution is 2.36. The number of ether oxygens (including phenoxy) is 2. The van der Waals surface area contributed by atoms with Gasteiger partial charge in [-0.15, -0.1) is 11.3 Å². The fourth-order valence-corrected chi connectivity index (χ4v) is 2.60. The molecule has 8 heteroatoms. The van der Waals surface area contributed by atoms with Gasteiger partial charge in [-0.25, -0.2) is 9.78 Å². The van der Waals surface area contributed by atoms with Crippen LogP contribution in [-0.2, 0) is 11.3 Å². The van der Waals surface area contributed by atoms with Crippen LogP contribution in [0.15, 0.2) is 18.3 Å². The minimum absolute atomic E-state index is 0.0826. The van der Waals surface area contributed by atoms with Crippen molar-refractivity contribution in [1.29, 1.82) is 0 Å². The second-order valence-corrected chi connectivity index (χ2v) is 5.70. The van der Waals surface area contributed by atoms with Gasteiger partial charge in [0, 0.05) is 11.1 Å². The minimum Gasteiger partial charge on any atom is -0.503 e. The highest BCUT2D eigenvalue weighted by Gasteiger charge is 2.15. The van der Waals surface area contributed by atoms with Crippen LogP contribution in [0.4, 0.5) is 5.69 Å². The zero-order valence-corrected chi connectivity index (χ0v) is 12.9. The summed E-state index contributed by atoms with van der Waals surface area (Å²) in [6.45, 7) is 0.408. The van der Waals surface area contributed by atoms with E-state index < -0.39 is 5.97 Å². The molecule has 1 aromatic carbocycles. The fourth-order valence-electron chi connectivity index (χ4n) is 1.68. The molecule has 0 radical (unpaired) electrons. The van der Waals surface area contributed by atoms with Gasteiger partial charge in [0.05, 0.1) is 32.0 Å². The van der Waals surface area contributed by atoms with Crippen LogP contribution in [-0.4, -0.2) is 30.3 Å². The Balaban J connectivity index is 2.26. The van der Waals surface area contributed by atoms with Gasteiger partial charge in [-0.05, 0) is 12.1 Å². The number of rotatable bonds is 5. The first-order valence-corrected chi connectivity index (χ1v) is 7.08. The van der Waals surface area contributed by atoms with Gasteiger partial charge in [0.25, 0.3) is 0 Å². The maximum atomic E-state index is 11.6. The molecule has 0 aliphatic rings. The summed E-state index contributed by atoms with van der Waals surface area (Å²) in [6.07, 6.45) is 1.64. The Kier molecular flexibility index (Phi) is 4.87. The number of hydrogen-bond donors (Lipinski definition) is 2. The van der Waals surface area contributed by atoms with Crippen molar-refractivity contribution in [3.8, 4) is 11.5 Å². The van der Waals surface area contributed by atoms with Gasteiger partial charge in [0.1, 0.15) is 0 Å². The Labute approximate surface area is 130 Å². The Morgan fingerprint density at radius 3 is 2.81 bits per heavy atom. The molecule has 0 unspecified atom stereocenters. The number of phenols is 1. The number of phenolic OH excluding ortho intramolecular Hbond substituents is 1. The maximum absolute atomic E-state index is 11.6. The SMILES string of the molecule is COC(=O)c1cc(NCc2cnc(Cl)s2)c(O)c(OC)c1. The van der Waals surface area contributed by atoms with Crippen molar-refractivity contribution in [3.05, 3.63) is 33.2 Å². The number of nitrogens with one attached hydrogen (secondary N) is 1.